The van der Waals surface area contributed by atoms with Crippen LogP contribution in [0.25, 0.3) is 11.1 Å². The molecule has 1 saturated carbocycles. The van der Waals surface area contributed by atoms with Gasteiger partial charge in [0.2, 0.25) is 0 Å². The van der Waals surface area contributed by atoms with Crippen LogP contribution in [0.3, 0.4) is 0 Å². The Morgan fingerprint density at radius 1 is 1.04 bits per heavy atom. The number of ether oxygens (including phenoxy) is 1. The summed E-state index contributed by atoms with van der Waals surface area (Å²) in [5.41, 5.74) is 4.74. The van der Waals surface area contributed by atoms with Gasteiger partial charge in [-0.1, -0.05) is 48.5 Å². The van der Waals surface area contributed by atoms with Crippen molar-refractivity contribution < 1.29 is 19.4 Å². The lowest BCUT2D eigenvalue weighted by Crippen LogP contribution is -2.35. The summed E-state index contributed by atoms with van der Waals surface area (Å²) in [4.78, 5) is 25.4. The van der Waals surface area contributed by atoms with Crippen LogP contribution in [-0.2, 0) is 9.53 Å². The Bertz CT molecular complexity index is 863. The summed E-state index contributed by atoms with van der Waals surface area (Å²) in [5, 5.41) is 9.25. The van der Waals surface area contributed by atoms with Gasteiger partial charge in [0.05, 0.1) is 5.92 Å². The normalized spacial score (nSPS) is 25.4. The van der Waals surface area contributed by atoms with Crippen LogP contribution in [-0.4, -0.2) is 41.3 Å². The third kappa shape index (κ3) is 2.23. The van der Waals surface area contributed by atoms with Crippen molar-refractivity contribution in [1.29, 1.82) is 0 Å². The van der Waals surface area contributed by atoms with E-state index in [9.17, 15) is 14.7 Å². The highest BCUT2D eigenvalue weighted by Gasteiger charge is 2.58. The van der Waals surface area contributed by atoms with E-state index in [-0.39, 0.29) is 37.1 Å². The van der Waals surface area contributed by atoms with E-state index < -0.39 is 11.9 Å². The molecule has 5 heteroatoms. The molecule has 1 heterocycles. The van der Waals surface area contributed by atoms with E-state index >= 15 is 0 Å². The lowest BCUT2D eigenvalue weighted by Gasteiger charge is -2.21. The maximum absolute atomic E-state index is 12.5. The molecule has 2 fully saturated rings. The molecule has 132 valence electrons. The molecule has 1 amide bonds. The fourth-order valence-corrected chi connectivity index (χ4v) is 4.62. The predicted molar refractivity (Wildman–Crippen MR) is 94.8 cm³/mol. The summed E-state index contributed by atoms with van der Waals surface area (Å²) in [7, 11) is 0. The van der Waals surface area contributed by atoms with Crippen molar-refractivity contribution in [2.24, 2.45) is 11.8 Å². The Labute approximate surface area is 151 Å². The van der Waals surface area contributed by atoms with E-state index in [1.807, 2.05) is 24.3 Å². The minimum atomic E-state index is -0.813. The first-order valence-corrected chi connectivity index (χ1v) is 8.99. The van der Waals surface area contributed by atoms with Crippen LogP contribution in [0.5, 0.6) is 0 Å². The number of rotatable bonds is 3. The molecule has 0 bridgehead atoms. The number of carbonyl (C=O) groups is 2. The maximum Gasteiger partial charge on any atom is 0.410 e. The van der Waals surface area contributed by atoms with Gasteiger partial charge in [-0.3, -0.25) is 4.79 Å². The zero-order valence-corrected chi connectivity index (χ0v) is 14.2. The Kier molecular flexibility index (Phi) is 3.32. The first-order chi connectivity index (χ1) is 12.6. The number of hydrogen-bond donors (Lipinski definition) is 1. The van der Waals surface area contributed by atoms with E-state index in [0.29, 0.717) is 0 Å². The predicted octanol–water partition coefficient (Wildman–Crippen LogP) is 3.34. The largest absolute Gasteiger partial charge is 0.481 e. The first-order valence-electron chi connectivity index (χ1n) is 8.99. The molecule has 0 spiro atoms. The average molecular weight is 349 g/mol. The average Bonchev–Trinajstić information content (AvgIpc) is 3.24. The van der Waals surface area contributed by atoms with Crippen LogP contribution in [0.15, 0.2) is 48.5 Å². The fraction of sp³-hybridized carbons (Fsp3) is 0.333. The lowest BCUT2D eigenvalue weighted by atomic mass is 9.98. The van der Waals surface area contributed by atoms with Crippen LogP contribution in [0, 0.1) is 11.8 Å². The number of hydrogen-bond acceptors (Lipinski definition) is 3. The zero-order valence-electron chi connectivity index (χ0n) is 14.2. The van der Waals surface area contributed by atoms with E-state index in [0.717, 1.165) is 6.42 Å². The number of carboxylic acids is 1. The number of benzene rings is 2. The minimum Gasteiger partial charge on any atom is -0.481 e. The minimum absolute atomic E-state index is 0.0271. The molecule has 1 N–H and O–H groups in total. The van der Waals surface area contributed by atoms with Gasteiger partial charge in [0, 0.05) is 18.5 Å². The molecule has 2 aromatic carbocycles. The van der Waals surface area contributed by atoms with E-state index in [2.05, 4.69) is 24.3 Å². The number of nitrogens with zero attached hydrogens (tertiary/aromatic N) is 1. The second-order valence-corrected chi connectivity index (χ2v) is 7.37. The Morgan fingerprint density at radius 3 is 2.23 bits per heavy atom. The highest BCUT2D eigenvalue weighted by Crippen LogP contribution is 2.49. The summed E-state index contributed by atoms with van der Waals surface area (Å²) in [5.74, 6) is -1.13. The van der Waals surface area contributed by atoms with Gasteiger partial charge in [0.15, 0.2) is 0 Å². The second kappa shape index (κ2) is 5.59. The third-order valence-electron chi connectivity index (χ3n) is 6.00. The number of likely N-dealkylation sites (tertiary alicyclic amines) is 1. The van der Waals surface area contributed by atoms with Crippen molar-refractivity contribution >= 4 is 12.1 Å². The molecule has 2 aliphatic carbocycles. The van der Waals surface area contributed by atoms with Crippen LogP contribution in [0.4, 0.5) is 4.79 Å². The van der Waals surface area contributed by atoms with Crippen molar-refractivity contribution in [2.45, 2.75) is 18.4 Å². The summed E-state index contributed by atoms with van der Waals surface area (Å²) in [6.45, 7) is 0.541. The van der Waals surface area contributed by atoms with E-state index in [4.69, 9.17) is 4.74 Å². The molecule has 0 aromatic heterocycles. The molecule has 5 rings (SSSR count). The van der Waals surface area contributed by atoms with Crippen LogP contribution in [0.2, 0.25) is 0 Å². The van der Waals surface area contributed by atoms with Crippen LogP contribution < -0.4 is 0 Å². The van der Waals surface area contributed by atoms with Gasteiger partial charge in [0.25, 0.3) is 0 Å². The molecule has 3 unspecified atom stereocenters. The lowest BCUT2D eigenvalue weighted by molar-refractivity contribution is -0.142. The molecule has 5 nitrogen and oxygen atoms in total. The SMILES string of the molecule is O=C(O)C1CN(C(=O)OCC2c3ccccc3-c3ccccc32)C2CC12. The highest BCUT2D eigenvalue weighted by atomic mass is 16.6. The number of fused-ring (bicyclic) bond motifs is 4. The van der Waals surface area contributed by atoms with Gasteiger partial charge in [-0.25, -0.2) is 4.79 Å². The number of piperidine rings is 1. The topological polar surface area (TPSA) is 66.8 Å². The Morgan fingerprint density at radius 2 is 1.65 bits per heavy atom. The van der Waals surface area contributed by atoms with E-state index in [1.54, 1.807) is 4.90 Å². The van der Waals surface area contributed by atoms with Crippen molar-refractivity contribution in [3.8, 4) is 11.1 Å². The second-order valence-electron chi connectivity index (χ2n) is 7.37. The molecule has 0 radical (unpaired) electrons. The molecular formula is C21H19NO4. The van der Waals surface area contributed by atoms with Gasteiger partial charge < -0.3 is 14.7 Å². The molecule has 1 saturated heterocycles. The van der Waals surface area contributed by atoms with Crippen molar-refractivity contribution in [2.75, 3.05) is 13.2 Å². The molecule has 3 aliphatic rings. The summed E-state index contributed by atoms with van der Waals surface area (Å²) >= 11 is 0. The standard InChI is InChI=1S/C21H19NO4/c23-20(24)17-10-22(19-9-16(17)19)21(25)26-11-18-14-7-3-1-5-12(14)13-6-2-4-8-15(13)18/h1-8,16-19H,9-11H2,(H,23,24). The summed E-state index contributed by atoms with van der Waals surface area (Å²) in [6, 6.07) is 16.5. The number of amides is 1. The molecule has 1 aliphatic heterocycles. The zero-order chi connectivity index (χ0) is 17.8. The molecule has 2 aromatic rings. The van der Waals surface area contributed by atoms with Gasteiger partial charge in [-0.2, -0.15) is 0 Å². The van der Waals surface area contributed by atoms with Gasteiger partial charge in [-0.15, -0.1) is 0 Å². The van der Waals surface area contributed by atoms with Gasteiger partial charge in [0.1, 0.15) is 6.61 Å². The van der Waals surface area contributed by atoms with E-state index in [1.165, 1.54) is 22.3 Å². The quantitative estimate of drug-likeness (QED) is 0.923. The fourth-order valence-electron chi connectivity index (χ4n) is 4.62. The van der Waals surface area contributed by atoms with Crippen LogP contribution in [0.1, 0.15) is 23.5 Å². The highest BCUT2D eigenvalue weighted by molar-refractivity contribution is 5.79. The summed E-state index contributed by atoms with van der Waals surface area (Å²) < 4.78 is 5.64. The maximum atomic E-state index is 12.5. The van der Waals surface area contributed by atoms with Gasteiger partial charge >= 0.3 is 12.1 Å². The molecule has 3 atom stereocenters. The Hall–Kier alpha value is -2.82. The summed E-state index contributed by atoms with van der Waals surface area (Å²) in [6.07, 6.45) is 0.393. The first kappa shape index (κ1) is 15.4. The Balaban J connectivity index is 1.33. The smallest absolute Gasteiger partial charge is 0.410 e. The molecular weight excluding hydrogens is 330 g/mol. The number of carbonyl (C=O) groups excluding carboxylic acids is 1. The third-order valence-corrected chi connectivity index (χ3v) is 6.00. The van der Waals surface area contributed by atoms with Crippen molar-refractivity contribution in [3.63, 3.8) is 0 Å². The number of aliphatic carboxylic acids is 1. The van der Waals surface area contributed by atoms with Crippen molar-refractivity contribution in [1.82, 2.24) is 4.90 Å². The molecule has 26 heavy (non-hydrogen) atoms. The van der Waals surface area contributed by atoms with Gasteiger partial charge in [-0.05, 0) is 34.6 Å². The van der Waals surface area contributed by atoms with Crippen LogP contribution >= 0.6 is 0 Å². The van der Waals surface area contributed by atoms with Crippen molar-refractivity contribution in [3.05, 3.63) is 59.7 Å². The number of carboxylic acid groups (broad SMARTS) is 1. The monoisotopic (exact) mass is 349 g/mol.